The Morgan fingerprint density at radius 3 is 2.09 bits per heavy atom. The van der Waals surface area contributed by atoms with Crippen molar-refractivity contribution in [3.8, 4) is 11.5 Å². The summed E-state index contributed by atoms with van der Waals surface area (Å²) in [5.41, 5.74) is 3.31. The highest BCUT2D eigenvalue weighted by Crippen LogP contribution is 2.26. The lowest BCUT2D eigenvalue weighted by atomic mass is 10.1. The van der Waals surface area contributed by atoms with Crippen LogP contribution >= 0.6 is 0 Å². The molecule has 2 aromatic carbocycles. The van der Waals surface area contributed by atoms with Crippen LogP contribution in [0.3, 0.4) is 0 Å². The van der Waals surface area contributed by atoms with Gasteiger partial charge in [-0.05, 0) is 35.4 Å². The first-order valence-electron chi connectivity index (χ1n) is 7.09. The Balaban J connectivity index is 2.02. The van der Waals surface area contributed by atoms with E-state index in [0.29, 0.717) is 5.75 Å². The molecule has 0 spiro atoms. The zero-order chi connectivity index (χ0) is 15.9. The summed E-state index contributed by atoms with van der Waals surface area (Å²) in [4.78, 5) is 2.08. The molecule has 0 unspecified atom stereocenters. The van der Waals surface area contributed by atoms with Gasteiger partial charge in [0.1, 0.15) is 0 Å². The van der Waals surface area contributed by atoms with E-state index < -0.39 is 0 Å². The molecule has 0 atom stereocenters. The van der Waals surface area contributed by atoms with Crippen molar-refractivity contribution < 1.29 is 9.84 Å². The van der Waals surface area contributed by atoms with E-state index in [9.17, 15) is 5.11 Å². The monoisotopic (exact) mass is 295 g/mol. The molecule has 2 rings (SSSR count). The van der Waals surface area contributed by atoms with Crippen LogP contribution in [0, 0.1) is 0 Å². The average molecular weight is 295 g/mol. The van der Waals surface area contributed by atoms with Gasteiger partial charge in [-0.2, -0.15) is 0 Å². The number of phenols is 1. The third-order valence-corrected chi connectivity index (χ3v) is 3.30. The van der Waals surface area contributed by atoms with Gasteiger partial charge in [-0.3, -0.25) is 0 Å². The molecule has 3 heteroatoms. The largest absolute Gasteiger partial charge is 0.504 e. The zero-order valence-corrected chi connectivity index (χ0v) is 13.2. The van der Waals surface area contributed by atoms with Crippen LogP contribution in [-0.4, -0.2) is 26.3 Å². The quantitative estimate of drug-likeness (QED) is 0.839. The summed E-state index contributed by atoms with van der Waals surface area (Å²) in [5.74, 6) is 0.626. The lowest BCUT2D eigenvalue weighted by molar-refractivity contribution is 0.373. The first-order chi connectivity index (χ1) is 10.6. The Morgan fingerprint density at radius 1 is 0.909 bits per heavy atom. The number of phenolic OH excluding ortho intramolecular Hbond substituents is 1. The molecule has 1 N–H and O–H groups in total. The number of methoxy groups -OCH3 is 1. The smallest absolute Gasteiger partial charge is 0.161 e. The van der Waals surface area contributed by atoms with Crippen molar-refractivity contribution in [2.75, 3.05) is 26.1 Å². The van der Waals surface area contributed by atoms with Gasteiger partial charge >= 0.3 is 0 Å². The van der Waals surface area contributed by atoms with E-state index in [1.807, 2.05) is 44.5 Å². The van der Waals surface area contributed by atoms with Crippen LogP contribution in [0.2, 0.25) is 0 Å². The van der Waals surface area contributed by atoms with Crippen LogP contribution in [-0.2, 0) is 0 Å². The fourth-order valence-electron chi connectivity index (χ4n) is 2.01. The first kappa shape index (κ1) is 15.7. The first-order valence-corrected chi connectivity index (χ1v) is 7.09. The molecule has 0 aliphatic rings. The second-order valence-corrected chi connectivity index (χ2v) is 5.14. The summed E-state index contributed by atoms with van der Waals surface area (Å²) in [6, 6.07) is 13.6. The molecule has 0 fully saturated rings. The number of nitrogens with zero attached hydrogens (tertiary/aromatic N) is 1. The number of hydrogen-bond acceptors (Lipinski definition) is 3. The fourth-order valence-corrected chi connectivity index (χ4v) is 2.01. The Labute approximate surface area is 131 Å². The maximum Gasteiger partial charge on any atom is 0.161 e. The van der Waals surface area contributed by atoms with Crippen LogP contribution < -0.4 is 9.64 Å². The minimum Gasteiger partial charge on any atom is -0.504 e. The minimum absolute atomic E-state index is 0.149. The van der Waals surface area contributed by atoms with Crippen LogP contribution in [0.5, 0.6) is 11.5 Å². The van der Waals surface area contributed by atoms with Crippen LogP contribution in [0.4, 0.5) is 5.69 Å². The molecule has 0 radical (unpaired) electrons. The molecule has 22 heavy (non-hydrogen) atoms. The van der Waals surface area contributed by atoms with Crippen molar-refractivity contribution in [2.24, 2.45) is 0 Å². The van der Waals surface area contributed by atoms with Crippen LogP contribution in [0.15, 0.2) is 54.6 Å². The lowest BCUT2D eigenvalue weighted by Crippen LogP contribution is -2.07. The summed E-state index contributed by atoms with van der Waals surface area (Å²) in [7, 11) is 5.60. The third kappa shape index (κ3) is 4.16. The molecule has 0 aromatic heterocycles. The number of aromatic hydroxyl groups is 1. The molecule has 0 aliphatic heterocycles. The van der Waals surface area contributed by atoms with Gasteiger partial charge < -0.3 is 14.7 Å². The minimum atomic E-state index is 0.149. The number of rotatable bonds is 5. The average Bonchev–Trinajstić information content (AvgIpc) is 2.53. The molecular weight excluding hydrogens is 274 g/mol. The number of anilines is 1. The van der Waals surface area contributed by atoms with Gasteiger partial charge in [0, 0.05) is 19.8 Å². The highest BCUT2D eigenvalue weighted by Gasteiger charge is 1.99. The Morgan fingerprint density at radius 2 is 1.50 bits per heavy atom. The zero-order valence-electron chi connectivity index (χ0n) is 13.2. The molecule has 0 bridgehead atoms. The highest BCUT2D eigenvalue weighted by molar-refractivity contribution is 5.61. The van der Waals surface area contributed by atoms with Gasteiger partial charge in [0.25, 0.3) is 0 Å². The van der Waals surface area contributed by atoms with Crippen molar-refractivity contribution in [2.45, 2.75) is 0 Å². The Kier molecular flexibility index (Phi) is 5.26. The molecule has 114 valence electrons. The normalized spacial score (nSPS) is 11.2. The lowest BCUT2D eigenvalue weighted by Gasteiger charge is -2.11. The molecule has 0 saturated carbocycles. The van der Waals surface area contributed by atoms with E-state index in [4.69, 9.17) is 4.74 Å². The number of ether oxygens (including phenoxy) is 1. The number of hydrogen-bond donors (Lipinski definition) is 1. The van der Waals surface area contributed by atoms with Gasteiger partial charge in [-0.1, -0.05) is 42.5 Å². The molecule has 2 aromatic rings. The van der Waals surface area contributed by atoms with Crippen molar-refractivity contribution >= 4 is 17.8 Å². The van der Waals surface area contributed by atoms with Crippen LogP contribution in [0.25, 0.3) is 12.2 Å². The standard InChI is InChI=1S/C19H21NO2/c1-20(2)17-11-8-15(9-12-17)6-4-5-7-16-10-13-18(21)19(14-16)22-3/h4-14,21H,1-3H3/b6-4+,7-5+. The summed E-state index contributed by atoms with van der Waals surface area (Å²) in [5, 5.41) is 9.55. The predicted molar refractivity (Wildman–Crippen MR) is 93.5 cm³/mol. The maximum atomic E-state index is 9.55. The summed E-state index contributed by atoms with van der Waals surface area (Å²) < 4.78 is 5.09. The van der Waals surface area contributed by atoms with Gasteiger partial charge in [-0.25, -0.2) is 0 Å². The molecule has 3 nitrogen and oxygen atoms in total. The highest BCUT2D eigenvalue weighted by atomic mass is 16.5. The van der Waals surface area contributed by atoms with E-state index in [2.05, 4.69) is 29.2 Å². The van der Waals surface area contributed by atoms with E-state index in [1.54, 1.807) is 19.2 Å². The van der Waals surface area contributed by atoms with Crippen molar-refractivity contribution in [1.29, 1.82) is 0 Å². The second kappa shape index (κ2) is 7.36. The molecule has 0 amide bonds. The summed E-state index contributed by atoms with van der Waals surface area (Å²) in [6.45, 7) is 0. The summed E-state index contributed by atoms with van der Waals surface area (Å²) in [6.07, 6.45) is 7.97. The molecule has 0 aliphatic carbocycles. The van der Waals surface area contributed by atoms with Crippen molar-refractivity contribution in [3.05, 3.63) is 65.7 Å². The van der Waals surface area contributed by atoms with E-state index >= 15 is 0 Å². The fraction of sp³-hybridized carbons (Fsp3) is 0.158. The van der Waals surface area contributed by atoms with E-state index in [0.717, 1.165) is 11.1 Å². The number of allylic oxidation sites excluding steroid dienone is 2. The number of benzene rings is 2. The van der Waals surface area contributed by atoms with Gasteiger partial charge in [0.2, 0.25) is 0 Å². The van der Waals surface area contributed by atoms with Crippen molar-refractivity contribution in [3.63, 3.8) is 0 Å². The Hall–Kier alpha value is -2.68. The van der Waals surface area contributed by atoms with Gasteiger partial charge in [-0.15, -0.1) is 0 Å². The second-order valence-electron chi connectivity index (χ2n) is 5.14. The Bertz CT molecular complexity index is 670. The molecule has 0 saturated heterocycles. The van der Waals surface area contributed by atoms with E-state index in [-0.39, 0.29) is 5.75 Å². The van der Waals surface area contributed by atoms with Gasteiger partial charge in [0.05, 0.1) is 7.11 Å². The predicted octanol–water partition coefficient (Wildman–Crippen LogP) is 4.19. The van der Waals surface area contributed by atoms with Crippen molar-refractivity contribution in [1.82, 2.24) is 0 Å². The molecule has 0 heterocycles. The third-order valence-electron chi connectivity index (χ3n) is 3.30. The van der Waals surface area contributed by atoms with E-state index in [1.165, 1.54) is 5.69 Å². The summed E-state index contributed by atoms with van der Waals surface area (Å²) >= 11 is 0. The van der Waals surface area contributed by atoms with Gasteiger partial charge in [0.15, 0.2) is 11.5 Å². The SMILES string of the molecule is COc1cc(/C=C/C=C/c2ccc(N(C)C)cc2)ccc1O. The topological polar surface area (TPSA) is 32.7 Å². The molecular formula is C19H21NO2. The maximum absolute atomic E-state index is 9.55. The van der Waals surface area contributed by atoms with Crippen LogP contribution in [0.1, 0.15) is 11.1 Å².